The van der Waals surface area contributed by atoms with Gasteiger partial charge in [-0.25, -0.2) is 0 Å². The van der Waals surface area contributed by atoms with Crippen molar-refractivity contribution in [2.45, 2.75) is 33.1 Å². The number of rotatable bonds is 6. The number of hydrogen-bond donors (Lipinski definition) is 1. The fourth-order valence-electron chi connectivity index (χ4n) is 3.26. The van der Waals surface area contributed by atoms with Crippen LogP contribution in [0.2, 0.25) is 0 Å². The van der Waals surface area contributed by atoms with Gasteiger partial charge in [0.15, 0.2) is 0 Å². The third-order valence-corrected chi connectivity index (χ3v) is 5.43. The molecule has 0 aromatic heterocycles. The van der Waals surface area contributed by atoms with Crippen LogP contribution >= 0.6 is 15.9 Å². The second-order valence-corrected chi connectivity index (χ2v) is 8.56. The molecule has 0 saturated carbocycles. The highest BCUT2D eigenvalue weighted by Gasteiger charge is 2.21. The number of carbonyl (C=O) groups is 2. The van der Waals surface area contributed by atoms with Crippen LogP contribution in [0.15, 0.2) is 46.9 Å². The molecule has 29 heavy (non-hydrogen) atoms. The number of benzene rings is 2. The van der Waals surface area contributed by atoms with Crippen LogP contribution in [0.5, 0.6) is 5.75 Å². The van der Waals surface area contributed by atoms with Gasteiger partial charge in [0.1, 0.15) is 5.75 Å². The largest absolute Gasteiger partial charge is 0.492 e. The third kappa shape index (κ3) is 5.60. The number of ether oxygens (including phenoxy) is 1. The molecule has 0 unspecified atom stereocenters. The maximum Gasteiger partial charge on any atom is 0.255 e. The molecule has 154 valence electrons. The van der Waals surface area contributed by atoms with Crippen molar-refractivity contribution in [1.82, 2.24) is 4.90 Å². The molecule has 3 rings (SSSR count). The van der Waals surface area contributed by atoms with Crippen molar-refractivity contribution in [2.75, 3.05) is 25.0 Å². The number of carbonyl (C=O) groups excluding carboxylic acids is 2. The Morgan fingerprint density at radius 2 is 1.83 bits per heavy atom. The standard InChI is InChI=1S/C23H27BrN2O3/c1-16(2)15-29-21-11-10-17(14-19(21)24)22(27)25-20-9-5-4-8-18(20)23(28)26-12-6-3-7-13-26/h4-5,8-11,14,16H,3,6-7,12-13,15H2,1-2H3,(H,25,27). The topological polar surface area (TPSA) is 58.6 Å². The van der Waals surface area contributed by atoms with Gasteiger partial charge in [-0.1, -0.05) is 26.0 Å². The molecule has 6 heteroatoms. The van der Waals surface area contributed by atoms with Gasteiger partial charge in [0.2, 0.25) is 0 Å². The zero-order valence-electron chi connectivity index (χ0n) is 16.9. The van der Waals surface area contributed by atoms with Crippen LogP contribution in [0.3, 0.4) is 0 Å². The number of nitrogens with one attached hydrogen (secondary N) is 1. The molecular formula is C23H27BrN2O3. The normalized spacial score (nSPS) is 14.0. The van der Waals surface area contributed by atoms with Gasteiger partial charge in [-0.3, -0.25) is 9.59 Å². The summed E-state index contributed by atoms with van der Waals surface area (Å²) in [5, 5.41) is 2.90. The van der Waals surface area contributed by atoms with Crippen LogP contribution in [-0.2, 0) is 0 Å². The smallest absolute Gasteiger partial charge is 0.255 e. The third-order valence-electron chi connectivity index (χ3n) is 4.82. The van der Waals surface area contributed by atoms with E-state index in [0.29, 0.717) is 35.1 Å². The minimum Gasteiger partial charge on any atom is -0.492 e. The molecule has 1 heterocycles. The van der Waals surface area contributed by atoms with Gasteiger partial charge in [0.25, 0.3) is 11.8 Å². The van der Waals surface area contributed by atoms with Gasteiger partial charge in [-0.05, 0) is 71.4 Å². The van der Waals surface area contributed by atoms with Crippen LogP contribution in [-0.4, -0.2) is 36.4 Å². The van der Waals surface area contributed by atoms with E-state index in [1.807, 2.05) is 17.0 Å². The second-order valence-electron chi connectivity index (χ2n) is 7.70. The van der Waals surface area contributed by atoms with E-state index >= 15 is 0 Å². The first-order chi connectivity index (χ1) is 14.0. The average molecular weight is 459 g/mol. The van der Waals surface area contributed by atoms with Crippen LogP contribution in [0.4, 0.5) is 5.69 Å². The summed E-state index contributed by atoms with van der Waals surface area (Å²) in [5.74, 6) is 0.828. The van der Waals surface area contributed by atoms with Crippen molar-refractivity contribution in [3.05, 3.63) is 58.1 Å². The number of amides is 2. The summed E-state index contributed by atoms with van der Waals surface area (Å²) in [6.45, 7) is 6.31. The maximum absolute atomic E-state index is 12.9. The lowest BCUT2D eigenvalue weighted by Gasteiger charge is -2.27. The minimum absolute atomic E-state index is 0.0285. The van der Waals surface area contributed by atoms with Crippen molar-refractivity contribution in [3.63, 3.8) is 0 Å². The fraction of sp³-hybridized carbons (Fsp3) is 0.391. The van der Waals surface area contributed by atoms with Crippen LogP contribution in [0, 0.1) is 5.92 Å². The van der Waals surface area contributed by atoms with Gasteiger partial charge in [-0.15, -0.1) is 0 Å². The zero-order chi connectivity index (χ0) is 20.8. The van der Waals surface area contributed by atoms with Crippen molar-refractivity contribution < 1.29 is 14.3 Å². The molecule has 0 spiro atoms. The summed E-state index contributed by atoms with van der Waals surface area (Å²) < 4.78 is 6.47. The molecule has 2 amide bonds. The minimum atomic E-state index is -0.264. The summed E-state index contributed by atoms with van der Waals surface area (Å²) in [7, 11) is 0. The maximum atomic E-state index is 12.9. The summed E-state index contributed by atoms with van der Waals surface area (Å²) in [5.41, 5.74) is 1.55. The molecule has 1 saturated heterocycles. The Balaban J connectivity index is 1.74. The Bertz CT molecular complexity index is 876. The predicted octanol–water partition coefficient (Wildman–Crippen LogP) is 5.36. The highest BCUT2D eigenvalue weighted by Crippen LogP contribution is 2.27. The first kappa shape index (κ1) is 21.4. The highest BCUT2D eigenvalue weighted by atomic mass is 79.9. The van der Waals surface area contributed by atoms with Gasteiger partial charge in [0.05, 0.1) is 22.3 Å². The number of likely N-dealkylation sites (tertiary alicyclic amines) is 1. The molecule has 0 atom stereocenters. The monoisotopic (exact) mass is 458 g/mol. The van der Waals surface area contributed by atoms with E-state index in [9.17, 15) is 9.59 Å². The van der Waals surface area contributed by atoms with Crippen molar-refractivity contribution in [1.29, 1.82) is 0 Å². The predicted molar refractivity (Wildman–Crippen MR) is 119 cm³/mol. The number of anilines is 1. The Labute approximate surface area is 180 Å². The molecule has 2 aromatic carbocycles. The Hall–Kier alpha value is -2.34. The number of para-hydroxylation sites is 1. The molecule has 1 N–H and O–H groups in total. The van der Waals surface area contributed by atoms with E-state index in [1.165, 1.54) is 0 Å². The lowest BCUT2D eigenvalue weighted by molar-refractivity contribution is 0.0725. The van der Waals surface area contributed by atoms with Gasteiger partial charge in [0, 0.05) is 18.7 Å². The summed E-state index contributed by atoms with van der Waals surface area (Å²) in [4.78, 5) is 27.6. The summed E-state index contributed by atoms with van der Waals surface area (Å²) in [6, 6.07) is 12.4. The summed E-state index contributed by atoms with van der Waals surface area (Å²) >= 11 is 3.47. The number of hydrogen-bond acceptors (Lipinski definition) is 3. The van der Waals surface area contributed by atoms with Gasteiger partial charge < -0.3 is 15.0 Å². The molecule has 0 aliphatic carbocycles. The summed E-state index contributed by atoms with van der Waals surface area (Å²) in [6.07, 6.45) is 3.22. The Morgan fingerprint density at radius 3 is 2.52 bits per heavy atom. The molecule has 0 radical (unpaired) electrons. The molecule has 1 aliphatic heterocycles. The zero-order valence-corrected chi connectivity index (χ0v) is 18.5. The van der Waals surface area contributed by atoms with Crippen molar-refractivity contribution in [3.8, 4) is 5.75 Å². The van der Waals surface area contributed by atoms with Crippen LogP contribution in [0.25, 0.3) is 0 Å². The Morgan fingerprint density at radius 1 is 1.10 bits per heavy atom. The van der Waals surface area contributed by atoms with Gasteiger partial charge in [-0.2, -0.15) is 0 Å². The van der Waals surface area contributed by atoms with E-state index in [-0.39, 0.29) is 11.8 Å². The first-order valence-corrected chi connectivity index (χ1v) is 10.9. The van der Waals surface area contributed by atoms with E-state index < -0.39 is 0 Å². The fourth-order valence-corrected chi connectivity index (χ4v) is 3.75. The average Bonchev–Trinajstić information content (AvgIpc) is 2.73. The number of nitrogens with zero attached hydrogens (tertiary/aromatic N) is 1. The van der Waals surface area contributed by atoms with Gasteiger partial charge >= 0.3 is 0 Å². The Kier molecular flexibility index (Phi) is 7.31. The quantitative estimate of drug-likeness (QED) is 0.633. The molecule has 0 bridgehead atoms. The highest BCUT2D eigenvalue weighted by molar-refractivity contribution is 9.10. The molecule has 1 aliphatic rings. The van der Waals surface area contributed by atoms with Crippen molar-refractivity contribution >= 4 is 33.4 Å². The number of halogens is 1. The van der Waals surface area contributed by atoms with Crippen LogP contribution < -0.4 is 10.1 Å². The molecule has 2 aromatic rings. The molecule has 1 fully saturated rings. The van der Waals surface area contributed by atoms with Crippen molar-refractivity contribution in [2.24, 2.45) is 5.92 Å². The number of piperidine rings is 1. The molecular weight excluding hydrogens is 432 g/mol. The van der Waals surface area contributed by atoms with E-state index in [1.54, 1.807) is 30.3 Å². The first-order valence-electron chi connectivity index (χ1n) is 10.1. The lowest BCUT2D eigenvalue weighted by Crippen LogP contribution is -2.36. The van der Waals surface area contributed by atoms with Crippen LogP contribution in [0.1, 0.15) is 53.8 Å². The SMILES string of the molecule is CC(C)COc1ccc(C(=O)Nc2ccccc2C(=O)N2CCCCC2)cc1Br. The van der Waals surface area contributed by atoms with E-state index in [0.717, 1.165) is 36.8 Å². The van der Waals surface area contributed by atoms with E-state index in [2.05, 4.69) is 35.1 Å². The molecule has 5 nitrogen and oxygen atoms in total. The lowest BCUT2D eigenvalue weighted by atomic mass is 10.1. The van der Waals surface area contributed by atoms with E-state index in [4.69, 9.17) is 4.74 Å². The second kappa shape index (κ2) is 9.92.